The minimum Gasteiger partial charge on any atom is -0.476 e. The van der Waals surface area contributed by atoms with Crippen LogP contribution < -0.4 is 0 Å². The fourth-order valence-electron chi connectivity index (χ4n) is 2.69. The summed E-state index contributed by atoms with van der Waals surface area (Å²) in [5.74, 6) is -1.03. The number of hydrogen-bond donors (Lipinski definition) is 1. The Hall–Kier alpha value is -1.23. The quantitative estimate of drug-likeness (QED) is 0.877. The molecule has 3 rings (SSSR count). The summed E-state index contributed by atoms with van der Waals surface area (Å²) in [6.07, 6.45) is 3.41. The lowest BCUT2D eigenvalue weighted by atomic mass is 9.95. The van der Waals surface area contributed by atoms with Gasteiger partial charge in [-0.15, -0.1) is 0 Å². The Morgan fingerprint density at radius 3 is 2.38 bits per heavy atom. The lowest BCUT2D eigenvalue weighted by Crippen LogP contribution is -2.09. The number of nitrogens with zero attached hydrogens (tertiary/aromatic N) is 2. The van der Waals surface area contributed by atoms with Crippen molar-refractivity contribution in [1.82, 2.24) is 9.78 Å². The second-order valence-corrected chi connectivity index (χ2v) is 6.17. The van der Waals surface area contributed by atoms with E-state index in [-0.39, 0.29) is 5.69 Å². The van der Waals surface area contributed by atoms with Crippen molar-refractivity contribution < 1.29 is 9.90 Å². The number of rotatable bonds is 2. The van der Waals surface area contributed by atoms with Gasteiger partial charge in [0.1, 0.15) is 5.69 Å². The Kier molecular flexibility index (Phi) is 3.86. The van der Waals surface area contributed by atoms with Crippen LogP contribution in [0.25, 0.3) is 5.69 Å². The molecule has 1 aliphatic rings. The Morgan fingerprint density at radius 2 is 1.76 bits per heavy atom. The van der Waals surface area contributed by atoms with Crippen LogP contribution in [-0.2, 0) is 12.8 Å². The van der Waals surface area contributed by atoms with Crippen molar-refractivity contribution in [2.24, 2.45) is 0 Å². The van der Waals surface area contributed by atoms with E-state index in [0.29, 0.717) is 27.2 Å². The van der Waals surface area contributed by atoms with E-state index in [4.69, 9.17) is 34.8 Å². The molecule has 1 N–H and O–H groups in total. The normalized spacial score (nSPS) is 14.0. The van der Waals surface area contributed by atoms with E-state index < -0.39 is 5.97 Å². The standard InChI is InChI=1S/C14H11Cl3N2O2/c15-7-5-9(16)13(10(17)6-7)19-11-4-2-1-3-8(11)12(18-19)14(20)21/h5-6H,1-4H2,(H,20,21). The zero-order valence-electron chi connectivity index (χ0n) is 10.9. The fourth-order valence-corrected chi connectivity index (χ4v) is 3.67. The van der Waals surface area contributed by atoms with Gasteiger partial charge in [-0.25, -0.2) is 9.48 Å². The summed E-state index contributed by atoms with van der Waals surface area (Å²) in [7, 11) is 0. The molecule has 0 amide bonds. The van der Waals surface area contributed by atoms with Gasteiger partial charge in [0.05, 0.1) is 10.0 Å². The van der Waals surface area contributed by atoms with Crippen molar-refractivity contribution in [2.75, 3.05) is 0 Å². The van der Waals surface area contributed by atoms with Gasteiger partial charge in [-0.1, -0.05) is 34.8 Å². The molecular formula is C14H11Cl3N2O2. The number of aromatic nitrogens is 2. The monoisotopic (exact) mass is 344 g/mol. The molecule has 0 fully saturated rings. The molecule has 1 aromatic carbocycles. The van der Waals surface area contributed by atoms with Crippen LogP contribution in [0.2, 0.25) is 15.1 Å². The molecule has 0 unspecified atom stereocenters. The van der Waals surface area contributed by atoms with Crippen molar-refractivity contribution in [3.05, 3.63) is 44.2 Å². The van der Waals surface area contributed by atoms with Crippen molar-refractivity contribution in [3.8, 4) is 5.69 Å². The number of carboxylic acid groups (broad SMARTS) is 1. The summed E-state index contributed by atoms with van der Waals surface area (Å²) in [6.45, 7) is 0. The smallest absolute Gasteiger partial charge is 0.356 e. The van der Waals surface area contributed by atoms with Gasteiger partial charge in [0.25, 0.3) is 0 Å². The maximum atomic E-state index is 11.4. The minimum atomic E-state index is -1.03. The number of halogens is 3. The molecule has 0 saturated heterocycles. The molecule has 0 radical (unpaired) electrons. The van der Waals surface area contributed by atoms with Crippen LogP contribution in [0, 0.1) is 0 Å². The van der Waals surface area contributed by atoms with Gasteiger partial charge in [-0.05, 0) is 37.8 Å². The number of benzene rings is 1. The van der Waals surface area contributed by atoms with Crippen molar-refractivity contribution in [1.29, 1.82) is 0 Å². The van der Waals surface area contributed by atoms with E-state index in [1.807, 2.05) is 0 Å². The van der Waals surface area contributed by atoms with Crippen LogP contribution in [0.4, 0.5) is 0 Å². The van der Waals surface area contributed by atoms with Crippen molar-refractivity contribution in [2.45, 2.75) is 25.7 Å². The molecule has 2 aromatic rings. The van der Waals surface area contributed by atoms with Gasteiger partial charge in [0.15, 0.2) is 5.69 Å². The highest BCUT2D eigenvalue weighted by Crippen LogP contribution is 2.35. The van der Waals surface area contributed by atoms with E-state index in [1.165, 1.54) is 0 Å². The van der Waals surface area contributed by atoms with E-state index >= 15 is 0 Å². The van der Waals surface area contributed by atoms with Crippen LogP contribution in [0.5, 0.6) is 0 Å². The van der Waals surface area contributed by atoms with Crippen molar-refractivity contribution in [3.63, 3.8) is 0 Å². The van der Waals surface area contributed by atoms with Gasteiger partial charge in [0.2, 0.25) is 0 Å². The average molecular weight is 346 g/mol. The summed E-state index contributed by atoms with van der Waals surface area (Å²) < 4.78 is 1.55. The predicted molar refractivity (Wildman–Crippen MR) is 82.2 cm³/mol. The summed E-state index contributed by atoms with van der Waals surface area (Å²) in [5.41, 5.74) is 2.20. The zero-order chi connectivity index (χ0) is 15.1. The molecule has 4 nitrogen and oxygen atoms in total. The third-order valence-electron chi connectivity index (χ3n) is 3.58. The lowest BCUT2D eigenvalue weighted by molar-refractivity contribution is 0.0688. The highest BCUT2D eigenvalue weighted by molar-refractivity contribution is 6.40. The van der Waals surface area contributed by atoms with Gasteiger partial charge in [-0.3, -0.25) is 0 Å². The molecule has 0 aliphatic heterocycles. The topological polar surface area (TPSA) is 55.1 Å². The first-order chi connectivity index (χ1) is 9.99. The highest BCUT2D eigenvalue weighted by Gasteiger charge is 2.27. The van der Waals surface area contributed by atoms with Crippen LogP contribution in [0.1, 0.15) is 34.6 Å². The number of carboxylic acids is 1. The van der Waals surface area contributed by atoms with Crippen LogP contribution in [-0.4, -0.2) is 20.9 Å². The molecule has 0 bridgehead atoms. The Morgan fingerprint density at radius 1 is 1.14 bits per heavy atom. The highest BCUT2D eigenvalue weighted by atomic mass is 35.5. The first-order valence-electron chi connectivity index (χ1n) is 6.48. The number of aromatic carboxylic acids is 1. The molecule has 0 saturated carbocycles. The van der Waals surface area contributed by atoms with Gasteiger partial charge >= 0.3 is 5.97 Å². The first-order valence-corrected chi connectivity index (χ1v) is 7.61. The Balaban J connectivity index is 2.26. The third-order valence-corrected chi connectivity index (χ3v) is 4.37. The fraction of sp³-hybridized carbons (Fsp3) is 0.286. The van der Waals surface area contributed by atoms with Crippen LogP contribution in [0.15, 0.2) is 12.1 Å². The van der Waals surface area contributed by atoms with Crippen molar-refractivity contribution >= 4 is 40.8 Å². The van der Waals surface area contributed by atoms with Gasteiger partial charge in [0, 0.05) is 16.3 Å². The molecule has 21 heavy (non-hydrogen) atoms. The predicted octanol–water partition coefficient (Wildman–Crippen LogP) is 4.41. The molecular weight excluding hydrogens is 335 g/mol. The second kappa shape index (κ2) is 5.52. The molecule has 7 heteroatoms. The van der Waals surface area contributed by atoms with E-state index in [1.54, 1.807) is 16.8 Å². The second-order valence-electron chi connectivity index (χ2n) is 4.92. The Bertz CT molecular complexity index is 717. The number of fused-ring (bicyclic) bond motifs is 1. The minimum absolute atomic E-state index is 0.0757. The van der Waals surface area contributed by atoms with E-state index in [2.05, 4.69) is 5.10 Å². The van der Waals surface area contributed by atoms with Crippen LogP contribution >= 0.6 is 34.8 Å². The first kappa shape index (κ1) is 14.7. The number of carbonyl (C=O) groups is 1. The molecule has 1 heterocycles. The van der Waals surface area contributed by atoms with E-state index in [0.717, 1.165) is 30.5 Å². The van der Waals surface area contributed by atoms with Gasteiger partial charge < -0.3 is 5.11 Å². The molecule has 110 valence electrons. The lowest BCUT2D eigenvalue weighted by Gasteiger charge is -2.15. The average Bonchev–Trinajstić information content (AvgIpc) is 2.78. The van der Waals surface area contributed by atoms with Crippen LogP contribution in [0.3, 0.4) is 0 Å². The molecule has 1 aliphatic carbocycles. The third kappa shape index (κ3) is 2.52. The van der Waals surface area contributed by atoms with E-state index in [9.17, 15) is 9.90 Å². The zero-order valence-corrected chi connectivity index (χ0v) is 13.1. The number of hydrogen-bond acceptors (Lipinski definition) is 2. The maximum absolute atomic E-state index is 11.4. The summed E-state index contributed by atoms with van der Waals surface area (Å²) in [5, 5.41) is 14.7. The Labute approximate surface area is 136 Å². The molecule has 1 aromatic heterocycles. The summed E-state index contributed by atoms with van der Waals surface area (Å²) in [4.78, 5) is 11.4. The molecule has 0 atom stereocenters. The SMILES string of the molecule is O=C(O)c1nn(-c2c(Cl)cc(Cl)cc2Cl)c2c1CCCC2. The largest absolute Gasteiger partial charge is 0.476 e. The van der Waals surface area contributed by atoms with Gasteiger partial charge in [-0.2, -0.15) is 5.10 Å². The molecule has 0 spiro atoms. The summed E-state index contributed by atoms with van der Waals surface area (Å²) >= 11 is 18.4. The summed E-state index contributed by atoms with van der Waals surface area (Å²) in [6, 6.07) is 3.14. The maximum Gasteiger partial charge on any atom is 0.356 e.